The number of piperidine rings is 1. The predicted molar refractivity (Wildman–Crippen MR) is 64.2 cm³/mol. The number of hydrogen-bond donors (Lipinski definition) is 1. The van der Waals surface area contributed by atoms with E-state index in [4.69, 9.17) is 0 Å². The molecule has 86 valence electrons. The molecule has 1 saturated heterocycles. The molecular formula is C14H20NO+. The molecule has 16 heavy (non-hydrogen) atoms. The summed E-state index contributed by atoms with van der Waals surface area (Å²) in [5, 5.41) is 0. The minimum absolute atomic E-state index is 0.299. The molecule has 1 aliphatic rings. The van der Waals surface area contributed by atoms with E-state index in [2.05, 4.69) is 31.2 Å². The highest BCUT2D eigenvalue weighted by Gasteiger charge is 2.28. The maximum Gasteiger partial charge on any atom is 0.147 e. The van der Waals surface area contributed by atoms with Gasteiger partial charge in [-0.15, -0.1) is 0 Å². The largest absolute Gasteiger partial charge is 0.330 e. The van der Waals surface area contributed by atoms with Crippen LogP contribution in [0.1, 0.15) is 25.3 Å². The van der Waals surface area contributed by atoms with Crippen LogP contribution in [0, 0.1) is 5.92 Å². The molecule has 0 amide bonds. The number of hydrogen-bond acceptors (Lipinski definition) is 1. The van der Waals surface area contributed by atoms with Crippen molar-refractivity contribution in [1.29, 1.82) is 0 Å². The lowest BCUT2D eigenvalue weighted by Gasteiger charge is -2.28. The number of likely N-dealkylation sites (tertiary alicyclic amines) is 1. The first kappa shape index (κ1) is 11.3. The maximum atomic E-state index is 11.6. The van der Waals surface area contributed by atoms with E-state index in [0.29, 0.717) is 11.7 Å². The summed E-state index contributed by atoms with van der Waals surface area (Å²) in [4.78, 5) is 13.2. The number of carbonyl (C=O) groups is 1. The van der Waals surface area contributed by atoms with Crippen molar-refractivity contribution >= 4 is 5.78 Å². The van der Waals surface area contributed by atoms with Crippen LogP contribution in [0.25, 0.3) is 0 Å². The lowest BCUT2D eigenvalue weighted by Crippen LogP contribution is -3.12. The van der Waals surface area contributed by atoms with Gasteiger partial charge in [-0.05, 0) is 6.42 Å². The van der Waals surface area contributed by atoms with Crippen molar-refractivity contribution in [3.8, 4) is 0 Å². The third kappa shape index (κ3) is 2.70. The van der Waals surface area contributed by atoms with Gasteiger partial charge in [0, 0.05) is 5.56 Å². The Morgan fingerprint density at radius 3 is 2.75 bits per heavy atom. The van der Waals surface area contributed by atoms with Gasteiger partial charge in [-0.2, -0.15) is 0 Å². The summed E-state index contributed by atoms with van der Waals surface area (Å²) in [6.45, 7) is 5.20. The van der Waals surface area contributed by atoms with Gasteiger partial charge < -0.3 is 4.90 Å². The molecule has 0 aliphatic carbocycles. The first-order chi connectivity index (χ1) is 7.79. The zero-order chi connectivity index (χ0) is 11.4. The van der Waals surface area contributed by atoms with E-state index in [9.17, 15) is 4.79 Å². The molecule has 1 aliphatic heterocycles. The van der Waals surface area contributed by atoms with Gasteiger partial charge in [-0.3, -0.25) is 4.79 Å². The fourth-order valence-corrected chi connectivity index (χ4v) is 2.49. The minimum Gasteiger partial charge on any atom is -0.330 e. The van der Waals surface area contributed by atoms with E-state index in [-0.39, 0.29) is 0 Å². The number of rotatable bonds is 3. The molecule has 0 aromatic heterocycles. The zero-order valence-electron chi connectivity index (χ0n) is 9.91. The highest BCUT2D eigenvalue weighted by molar-refractivity contribution is 5.81. The number of carbonyl (C=O) groups excluding carboxylic acids is 1. The van der Waals surface area contributed by atoms with Crippen LogP contribution in [0.15, 0.2) is 30.3 Å². The van der Waals surface area contributed by atoms with Crippen LogP contribution in [-0.2, 0) is 11.3 Å². The highest BCUT2D eigenvalue weighted by Crippen LogP contribution is 2.07. The molecule has 0 bridgehead atoms. The monoisotopic (exact) mass is 218 g/mol. The Labute approximate surface area is 97.3 Å². The smallest absolute Gasteiger partial charge is 0.147 e. The lowest BCUT2D eigenvalue weighted by atomic mass is 9.94. The van der Waals surface area contributed by atoms with Crippen LogP contribution < -0.4 is 4.90 Å². The Balaban J connectivity index is 1.94. The summed E-state index contributed by atoms with van der Waals surface area (Å²) in [7, 11) is 0. The Hall–Kier alpha value is -1.15. The van der Waals surface area contributed by atoms with Crippen molar-refractivity contribution in [2.24, 2.45) is 5.92 Å². The van der Waals surface area contributed by atoms with Gasteiger partial charge in [-0.1, -0.05) is 37.3 Å². The van der Waals surface area contributed by atoms with E-state index < -0.39 is 0 Å². The molecule has 2 atom stereocenters. The summed E-state index contributed by atoms with van der Waals surface area (Å²) >= 11 is 0. The van der Waals surface area contributed by atoms with E-state index in [0.717, 1.165) is 32.5 Å². The molecule has 2 heteroatoms. The Kier molecular flexibility index (Phi) is 3.73. The first-order valence-corrected chi connectivity index (χ1v) is 6.19. The van der Waals surface area contributed by atoms with Gasteiger partial charge in [0.1, 0.15) is 12.3 Å². The number of quaternary nitrogens is 1. The second-order valence-corrected chi connectivity index (χ2v) is 4.69. The van der Waals surface area contributed by atoms with Gasteiger partial charge in [0.05, 0.1) is 25.4 Å². The molecule has 2 nitrogen and oxygen atoms in total. The minimum atomic E-state index is 0.299. The maximum absolute atomic E-state index is 11.6. The number of nitrogens with one attached hydrogen (secondary N) is 1. The molecule has 0 radical (unpaired) electrons. The topological polar surface area (TPSA) is 21.5 Å². The molecule has 1 fully saturated rings. The highest BCUT2D eigenvalue weighted by atomic mass is 16.1. The van der Waals surface area contributed by atoms with Crippen molar-refractivity contribution in [2.75, 3.05) is 13.1 Å². The summed E-state index contributed by atoms with van der Waals surface area (Å²) in [5.41, 5.74) is 1.38. The summed E-state index contributed by atoms with van der Waals surface area (Å²) in [6.07, 6.45) is 1.76. The van der Waals surface area contributed by atoms with E-state index >= 15 is 0 Å². The zero-order valence-corrected chi connectivity index (χ0v) is 9.91. The third-order valence-corrected chi connectivity index (χ3v) is 3.51. The average molecular weight is 218 g/mol. The molecule has 1 heterocycles. The lowest BCUT2D eigenvalue weighted by molar-refractivity contribution is -0.918. The van der Waals surface area contributed by atoms with Crippen LogP contribution in [0.2, 0.25) is 0 Å². The molecular weight excluding hydrogens is 198 g/mol. The Bertz CT molecular complexity index is 347. The molecule has 2 rings (SSSR count). The standard InChI is InChI=1S/C14H19NO/c1-2-13-11-15(9-8-14(13)16)10-12-6-4-3-5-7-12/h3-7,13H,2,8-11H2,1H3/p+1/t13-/m1/s1. The summed E-state index contributed by atoms with van der Waals surface area (Å²) in [5.74, 6) is 0.770. The van der Waals surface area contributed by atoms with Crippen molar-refractivity contribution in [1.82, 2.24) is 0 Å². The van der Waals surface area contributed by atoms with Gasteiger partial charge in [0.25, 0.3) is 0 Å². The average Bonchev–Trinajstić information content (AvgIpc) is 2.33. The van der Waals surface area contributed by atoms with Crippen molar-refractivity contribution in [2.45, 2.75) is 26.3 Å². The molecule has 0 spiro atoms. The molecule has 1 aromatic carbocycles. The molecule has 1 unspecified atom stereocenters. The van der Waals surface area contributed by atoms with E-state index in [1.807, 2.05) is 6.07 Å². The van der Waals surface area contributed by atoms with Crippen LogP contribution >= 0.6 is 0 Å². The van der Waals surface area contributed by atoms with Gasteiger partial charge in [0.15, 0.2) is 0 Å². The second-order valence-electron chi connectivity index (χ2n) is 4.69. The summed E-state index contributed by atoms with van der Waals surface area (Å²) in [6, 6.07) is 10.6. The number of ketones is 1. The fraction of sp³-hybridized carbons (Fsp3) is 0.500. The Morgan fingerprint density at radius 1 is 1.31 bits per heavy atom. The van der Waals surface area contributed by atoms with E-state index in [1.54, 1.807) is 4.90 Å². The number of Topliss-reactive ketones (excluding diaryl/α,β-unsaturated/α-hetero) is 1. The third-order valence-electron chi connectivity index (χ3n) is 3.51. The van der Waals surface area contributed by atoms with E-state index in [1.165, 1.54) is 5.56 Å². The van der Waals surface area contributed by atoms with Crippen LogP contribution in [-0.4, -0.2) is 18.9 Å². The Morgan fingerprint density at radius 2 is 2.06 bits per heavy atom. The van der Waals surface area contributed by atoms with Gasteiger partial charge in [0.2, 0.25) is 0 Å². The van der Waals surface area contributed by atoms with Crippen molar-refractivity contribution < 1.29 is 9.69 Å². The molecule has 0 saturated carbocycles. The molecule has 1 N–H and O–H groups in total. The fourth-order valence-electron chi connectivity index (χ4n) is 2.49. The first-order valence-electron chi connectivity index (χ1n) is 6.19. The summed E-state index contributed by atoms with van der Waals surface area (Å²) < 4.78 is 0. The van der Waals surface area contributed by atoms with Crippen molar-refractivity contribution in [3.63, 3.8) is 0 Å². The van der Waals surface area contributed by atoms with Crippen LogP contribution in [0.4, 0.5) is 0 Å². The van der Waals surface area contributed by atoms with Crippen molar-refractivity contribution in [3.05, 3.63) is 35.9 Å². The number of benzene rings is 1. The normalized spacial score (nSPS) is 25.7. The van der Waals surface area contributed by atoms with Crippen LogP contribution in [0.3, 0.4) is 0 Å². The van der Waals surface area contributed by atoms with Gasteiger partial charge in [-0.25, -0.2) is 0 Å². The second kappa shape index (κ2) is 5.26. The predicted octanol–water partition coefficient (Wildman–Crippen LogP) is 1.07. The SMILES string of the molecule is CC[C@@H]1C[NH+](Cc2ccccc2)CCC1=O. The van der Waals surface area contributed by atoms with Gasteiger partial charge >= 0.3 is 0 Å². The molecule has 1 aromatic rings. The van der Waals surface area contributed by atoms with Crippen LogP contribution in [0.5, 0.6) is 0 Å². The quantitative estimate of drug-likeness (QED) is 0.805.